The molecular weight excluding hydrogens is 382 g/mol. The zero-order valence-corrected chi connectivity index (χ0v) is 17.7. The van der Waals surface area contributed by atoms with Gasteiger partial charge < -0.3 is 20.3 Å². The molecule has 8 heteroatoms. The standard InChI is InChI=1S/C22H27N5O3/c1-14-13-27(10-9-23-14)17-12-19-18(25(2)22(29)26(19)3)11-16(17)24-21(28)15-7-5-6-8-20(15)30-4/h5-8,11-12,14,23H,9-10,13H2,1-4H3,(H,24,28)/t14-/m0/s1. The molecule has 0 bridgehead atoms. The highest BCUT2D eigenvalue weighted by Gasteiger charge is 2.23. The summed E-state index contributed by atoms with van der Waals surface area (Å²) >= 11 is 0. The predicted octanol–water partition coefficient (Wildman–Crippen LogP) is 1.94. The smallest absolute Gasteiger partial charge is 0.328 e. The normalized spacial score (nSPS) is 16.7. The number of piperazine rings is 1. The lowest BCUT2D eigenvalue weighted by atomic mass is 10.1. The first kappa shape index (κ1) is 20.0. The number of aryl methyl sites for hydroxylation is 2. The van der Waals surface area contributed by atoms with Gasteiger partial charge in [0.15, 0.2) is 0 Å². The van der Waals surface area contributed by atoms with Crippen LogP contribution in [-0.4, -0.2) is 47.8 Å². The molecule has 1 amide bonds. The second-order valence-electron chi connectivity index (χ2n) is 7.71. The second-order valence-corrected chi connectivity index (χ2v) is 7.71. The molecule has 8 nitrogen and oxygen atoms in total. The Morgan fingerprint density at radius 3 is 2.57 bits per heavy atom. The van der Waals surface area contributed by atoms with E-state index in [1.54, 1.807) is 48.5 Å². The molecule has 2 heterocycles. The van der Waals surface area contributed by atoms with Gasteiger partial charge in [0.05, 0.1) is 35.1 Å². The second kappa shape index (κ2) is 7.87. The van der Waals surface area contributed by atoms with Crippen molar-refractivity contribution in [3.63, 3.8) is 0 Å². The Bertz CT molecular complexity index is 1160. The number of rotatable bonds is 4. The van der Waals surface area contributed by atoms with E-state index in [0.717, 1.165) is 36.4 Å². The molecule has 158 valence electrons. The number of ether oxygens (including phenoxy) is 1. The minimum absolute atomic E-state index is 0.0992. The van der Waals surface area contributed by atoms with Crippen LogP contribution < -0.4 is 26.0 Å². The number of amides is 1. The van der Waals surface area contributed by atoms with E-state index in [9.17, 15) is 9.59 Å². The molecule has 2 aromatic carbocycles. The molecule has 3 aromatic rings. The van der Waals surface area contributed by atoms with Crippen LogP contribution in [0.5, 0.6) is 5.75 Å². The fourth-order valence-corrected chi connectivity index (χ4v) is 4.07. The number of fused-ring (bicyclic) bond motifs is 1. The third-order valence-corrected chi connectivity index (χ3v) is 5.70. The van der Waals surface area contributed by atoms with Gasteiger partial charge in [0.1, 0.15) is 5.75 Å². The summed E-state index contributed by atoms with van der Waals surface area (Å²) in [4.78, 5) is 27.8. The molecule has 1 aliphatic heterocycles. The maximum absolute atomic E-state index is 13.1. The van der Waals surface area contributed by atoms with Gasteiger partial charge in [0, 0.05) is 39.8 Å². The summed E-state index contributed by atoms with van der Waals surface area (Å²) < 4.78 is 8.58. The van der Waals surface area contributed by atoms with Gasteiger partial charge in [-0.05, 0) is 31.2 Å². The highest BCUT2D eigenvalue weighted by Crippen LogP contribution is 2.32. The molecule has 0 spiro atoms. The number of carbonyl (C=O) groups excluding carboxylic acids is 1. The average Bonchev–Trinajstić information content (AvgIpc) is 2.96. The lowest BCUT2D eigenvalue weighted by molar-refractivity contribution is 0.102. The summed E-state index contributed by atoms with van der Waals surface area (Å²) in [5.74, 6) is 0.262. The topological polar surface area (TPSA) is 80.5 Å². The first-order chi connectivity index (χ1) is 14.4. The monoisotopic (exact) mass is 409 g/mol. The van der Waals surface area contributed by atoms with E-state index < -0.39 is 0 Å². The van der Waals surface area contributed by atoms with Gasteiger partial charge in [-0.15, -0.1) is 0 Å². The summed E-state index contributed by atoms with van der Waals surface area (Å²) in [5.41, 5.74) is 3.54. The third kappa shape index (κ3) is 3.43. The number of hydrogen-bond acceptors (Lipinski definition) is 5. The Morgan fingerprint density at radius 2 is 1.87 bits per heavy atom. The van der Waals surface area contributed by atoms with E-state index in [0.29, 0.717) is 23.0 Å². The van der Waals surface area contributed by atoms with E-state index in [-0.39, 0.29) is 11.6 Å². The molecule has 0 aliphatic carbocycles. The molecule has 1 saturated heterocycles. The van der Waals surface area contributed by atoms with Crippen LogP contribution >= 0.6 is 0 Å². The van der Waals surface area contributed by atoms with Crippen LogP contribution in [0.2, 0.25) is 0 Å². The number of para-hydroxylation sites is 1. The average molecular weight is 409 g/mol. The lowest BCUT2D eigenvalue weighted by Crippen LogP contribution is -2.49. The summed E-state index contributed by atoms with van der Waals surface area (Å²) in [7, 11) is 5.05. The van der Waals surface area contributed by atoms with Crippen LogP contribution in [0.3, 0.4) is 0 Å². The van der Waals surface area contributed by atoms with Crippen molar-refractivity contribution >= 4 is 28.3 Å². The summed E-state index contributed by atoms with van der Waals surface area (Å²) in [6.07, 6.45) is 0. The Morgan fingerprint density at radius 1 is 1.17 bits per heavy atom. The number of benzene rings is 2. The number of methoxy groups -OCH3 is 1. The van der Waals surface area contributed by atoms with Crippen molar-refractivity contribution in [1.29, 1.82) is 0 Å². The largest absolute Gasteiger partial charge is 0.496 e. The fraction of sp³-hybridized carbons (Fsp3) is 0.364. The molecule has 30 heavy (non-hydrogen) atoms. The molecule has 2 N–H and O–H groups in total. The van der Waals surface area contributed by atoms with Crippen LogP contribution in [-0.2, 0) is 14.1 Å². The Hall–Kier alpha value is -3.26. The zero-order chi connectivity index (χ0) is 21.4. The SMILES string of the molecule is COc1ccccc1C(=O)Nc1cc2c(cc1N1CCN[C@@H](C)C1)n(C)c(=O)n2C. The Labute approximate surface area is 175 Å². The van der Waals surface area contributed by atoms with E-state index in [4.69, 9.17) is 4.74 Å². The van der Waals surface area contributed by atoms with Crippen LogP contribution in [0.4, 0.5) is 11.4 Å². The minimum Gasteiger partial charge on any atom is -0.496 e. The van der Waals surface area contributed by atoms with Crippen molar-refractivity contribution in [3.8, 4) is 5.75 Å². The van der Waals surface area contributed by atoms with E-state index >= 15 is 0 Å². The predicted molar refractivity (Wildman–Crippen MR) is 119 cm³/mol. The molecule has 0 saturated carbocycles. The summed E-state index contributed by atoms with van der Waals surface area (Å²) in [6.45, 7) is 4.61. The van der Waals surface area contributed by atoms with Crippen molar-refractivity contribution in [2.75, 3.05) is 37.0 Å². The van der Waals surface area contributed by atoms with Crippen LogP contribution in [0.25, 0.3) is 11.0 Å². The maximum atomic E-state index is 13.1. The summed E-state index contributed by atoms with van der Waals surface area (Å²) in [6, 6.07) is 11.3. The van der Waals surface area contributed by atoms with Gasteiger partial charge in [-0.2, -0.15) is 0 Å². The van der Waals surface area contributed by atoms with Crippen molar-refractivity contribution < 1.29 is 9.53 Å². The van der Waals surface area contributed by atoms with E-state index in [1.165, 1.54) is 0 Å². The molecule has 0 unspecified atom stereocenters. The number of carbonyl (C=O) groups is 1. The van der Waals surface area contributed by atoms with Gasteiger partial charge in [-0.25, -0.2) is 4.79 Å². The molecule has 0 radical (unpaired) electrons. The van der Waals surface area contributed by atoms with Crippen molar-refractivity contribution in [2.45, 2.75) is 13.0 Å². The number of anilines is 2. The number of nitrogens with one attached hydrogen (secondary N) is 2. The highest BCUT2D eigenvalue weighted by molar-refractivity contribution is 6.09. The van der Waals surface area contributed by atoms with Crippen LogP contribution in [0.1, 0.15) is 17.3 Å². The zero-order valence-electron chi connectivity index (χ0n) is 17.7. The highest BCUT2D eigenvalue weighted by atomic mass is 16.5. The fourth-order valence-electron chi connectivity index (χ4n) is 4.07. The Balaban J connectivity index is 1.82. The molecule has 1 aromatic heterocycles. The molecule has 1 fully saturated rings. The third-order valence-electron chi connectivity index (χ3n) is 5.70. The van der Waals surface area contributed by atoms with E-state index in [1.807, 2.05) is 18.2 Å². The number of nitrogens with zero attached hydrogens (tertiary/aromatic N) is 3. The number of aromatic nitrogens is 2. The van der Waals surface area contributed by atoms with Gasteiger partial charge in [-0.3, -0.25) is 13.9 Å². The number of imidazole rings is 1. The molecule has 1 aliphatic rings. The molecular formula is C22H27N5O3. The maximum Gasteiger partial charge on any atom is 0.328 e. The minimum atomic E-state index is -0.253. The van der Waals surface area contributed by atoms with E-state index in [2.05, 4.69) is 22.5 Å². The lowest BCUT2D eigenvalue weighted by Gasteiger charge is -2.35. The van der Waals surface area contributed by atoms with Crippen molar-refractivity contribution in [3.05, 3.63) is 52.4 Å². The quantitative estimate of drug-likeness (QED) is 0.688. The Kier molecular flexibility index (Phi) is 5.26. The first-order valence-corrected chi connectivity index (χ1v) is 10.0. The van der Waals surface area contributed by atoms with Gasteiger partial charge >= 0.3 is 5.69 Å². The van der Waals surface area contributed by atoms with Crippen molar-refractivity contribution in [1.82, 2.24) is 14.5 Å². The molecule has 4 rings (SSSR count). The van der Waals surface area contributed by atoms with Gasteiger partial charge in [0.25, 0.3) is 5.91 Å². The van der Waals surface area contributed by atoms with Crippen LogP contribution in [0, 0.1) is 0 Å². The molecule has 1 atom stereocenters. The summed E-state index contributed by atoms with van der Waals surface area (Å²) in [5, 5.41) is 6.50. The van der Waals surface area contributed by atoms with Crippen molar-refractivity contribution in [2.24, 2.45) is 14.1 Å². The number of hydrogen-bond donors (Lipinski definition) is 2. The van der Waals surface area contributed by atoms with Gasteiger partial charge in [0.2, 0.25) is 0 Å². The van der Waals surface area contributed by atoms with Gasteiger partial charge in [-0.1, -0.05) is 12.1 Å². The van der Waals surface area contributed by atoms with Crippen LogP contribution in [0.15, 0.2) is 41.2 Å². The first-order valence-electron chi connectivity index (χ1n) is 10.0.